The van der Waals surface area contributed by atoms with Gasteiger partial charge in [0.15, 0.2) is 0 Å². The van der Waals surface area contributed by atoms with Gasteiger partial charge in [-0.15, -0.1) is 0 Å². The van der Waals surface area contributed by atoms with Crippen LogP contribution in [0.5, 0.6) is 0 Å². The second-order valence-electron chi connectivity index (χ2n) is 1.84. The molecule has 1 amide bonds. The maximum Gasteiger partial charge on any atom is 0.225 e. The fourth-order valence-electron chi connectivity index (χ4n) is 0.337. The minimum Gasteiger partial charge on any atom is -0.369 e. The number of amides is 1. The van der Waals surface area contributed by atoms with Crippen molar-refractivity contribution in [3.63, 3.8) is 0 Å². The number of carbonyl (C=O) groups excluding carboxylic acids is 1. The van der Waals surface area contributed by atoms with Crippen LogP contribution in [0.1, 0.15) is 13.8 Å². The van der Waals surface area contributed by atoms with Gasteiger partial charge in [0.2, 0.25) is 5.91 Å². The van der Waals surface area contributed by atoms with E-state index in [1.807, 2.05) is 6.92 Å². The van der Waals surface area contributed by atoms with Crippen LogP contribution in [0.2, 0.25) is 0 Å². The summed E-state index contributed by atoms with van der Waals surface area (Å²) >= 11 is 0. The molecule has 1 atom stereocenters. The Kier molecular flexibility index (Phi) is 3.67. The summed E-state index contributed by atoms with van der Waals surface area (Å²) in [5, 5.41) is 0. The van der Waals surface area contributed by atoms with Gasteiger partial charge in [0.1, 0.15) is 0 Å². The summed E-state index contributed by atoms with van der Waals surface area (Å²) in [5.41, 5.74) is 4.95. The third-order valence-electron chi connectivity index (χ3n) is 0.960. The van der Waals surface area contributed by atoms with Gasteiger partial charge in [-0.25, -0.2) is 0 Å². The Bertz CT molecular complexity index is 120. The van der Waals surface area contributed by atoms with E-state index in [2.05, 4.69) is 4.99 Å². The molecule has 0 fully saturated rings. The van der Waals surface area contributed by atoms with Crippen molar-refractivity contribution in [3.8, 4) is 0 Å². The number of hydrogen-bond donors (Lipinski definition) is 1. The van der Waals surface area contributed by atoms with Gasteiger partial charge in [0, 0.05) is 12.8 Å². The van der Waals surface area contributed by atoms with E-state index in [1.54, 1.807) is 13.1 Å². The van der Waals surface area contributed by atoms with Crippen LogP contribution in [0.25, 0.3) is 0 Å². The third-order valence-corrected chi connectivity index (χ3v) is 0.960. The van der Waals surface area contributed by atoms with E-state index in [0.29, 0.717) is 6.54 Å². The van der Waals surface area contributed by atoms with Gasteiger partial charge in [-0.05, 0) is 13.8 Å². The van der Waals surface area contributed by atoms with Gasteiger partial charge in [-0.3, -0.25) is 9.79 Å². The minimum absolute atomic E-state index is 0.232. The normalized spacial score (nSPS) is 14.0. The summed E-state index contributed by atoms with van der Waals surface area (Å²) in [6.45, 7) is 4.34. The summed E-state index contributed by atoms with van der Waals surface area (Å²) in [7, 11) is 0. The molecule has 9 heavy (non-hydrogen) atoms. The Balaban J connectivity index is 3.62. The molecule has 0 aliphatic carbocycles. The molecule has 0 heterocycles. The Hall–Kier alpha value is -0.860. The summed E-state index contributed by atoms with van der Waals surface area (Å²) in [5.74, 6) is -0.558. The topological polar surface area (TPSA) is 55.4 Å². The molecule has 52 valence electrons. The molecule has 0 saturated carbocycles. The molecule has 0 aliphatic heterocycles. The first-order chi connectivity index (χ1) is 4.18. The molecule has 0 aromatic heterocycles. The van der Waals surface area contributed by atoms with Gasteiger partial charge in [-0.2, -0.15) is 0 Å². The Morgan fingerprint density at radius 2 is 2.44 bits per heavy atom. The third kappa shape index (κ3) is 3.70. The number of nitrogens with two attached hydrogens (primary N) is 1. The molecule has 3 nitrogen and oxygen atoms in total. The van der Waals surface area contributed by atoms with Crippen molar-refractivity contribution in [2.24, 2.45) is 16.6 Å². The molecule has 0 aromatic rings. The summed E-state index contributed by atoms with van der Waals surface area (Å²) < 4.78 is 0. The zero-order chi connectivity index (χ0) is 7.28. The average Bonchev–Trinajstić information content (AvgIpc) is 1.82. The largest absolute Gasteiger partial charge is 0.369 e. The maximum atomic E-state index is 10.3. The van der Waals surface area contributed by atoms with Crippen LogP contribution >= 0.6 is 0 Å². The Labute approximate surface area is 55.0 Å². The number of hydrogen-bond acceptors (Lipinski definition) is 2. The molecular weight excluding hydrogens is 116 g/mol. The van der Waals surface area contributed by atoms with Crippen molar-refractivity contribution in [1.29, 1.82) is 0 Å². The molecule has 3 heteroatoms. The standard InChI is InChI=1S/C6H12N2O/c1-3-8-4-5(2)6(7)9/h4-5H,3H2,1-2H3,(H2,7,9). The molecule has 0 saturated heterocycles. The zero-order valence-electron chi connectivity index (χ0n) is 5.79. The van der Waals surface area contributed by atoms with E-state index in [9.17, 15) is 4.79 Å². The molecular formula is C6H12N2O. The first-order valence-electron chi connectivity index (χ1n) is 2.97. The fraction of sp³-hybridized carbons (Fsp3) is 0.667. The molecule has 0 bridgehead atoms. The van der Waals surface area contributed by atoms with E-state index in [0.717, 1.165) is 0 Å². The summed E-state index contributed by atoms with van der Waals surface area (Å²) in [6, 6.07) is 0. The SMILES string of the molecule is CCN=CC(C)C(N)=O. The highest BCUT2D eigenvalue weighted by Crippen LogP contribution is 1.86. The van der Waals surface area contributed by atoms with E-state index in [4.69, 9.17) is 5.73 Å². The number of carbonyl (C=O) groups is 1. The van der Waals surface area contributed by atoms with Crippen LogP contribution in [-0.4, -0.2) is 18.7 Å². The smallest absolute Gasteiger partial charge is 0.225 e. The highest BCUT2D eigenvalue weighted by atomic mass is 16.1. The van der Waals surface area contributed by atoms with E-state index in [1.165, 1.54) is 0 Å². The van der Waals surface area contributed by atoms with Gasteiger partial charge in [-0.1, -0.05) is 0 Å². The van der Waals surface area contributed by atoms with Crippen molar-refractivity contribution < 1.29 is 4.79 Å². The Morgan fingerprint density at radius 3 is 2.78 bits per heavy atom. The van der Waals surface area contributed by atoms with Crippen molar-refractivity contribution in [2.75, 3.05) is 6.54 Å². The van der Waals surface area contributed by atoms with Crippen LogP contribution in [0.4, 0.5) is 0 Å². The first kappa shape index (κ1) is 8.14. The monoisotopic (exact) mass is 128 g/mol. The zero-order valence-corrected chi connectivity index (χ0v) is 5.79. The predicted molar refractivity (Wildman–Crippen MR) is 37.4 cm³/mol. The van der Waals surface area contributed by atoms with E-state index in [-0.39, 0.29) is 11.8 Å². The molecule has 0 rings (SSSR count). The predicted octanol–water partition coefficient (Wildman–Crippen LogP) is 0.199. The molecule has 1 unspecified atom stereocenters. The van der Waals surface area contributed by atoms with E-state index >= 15 is 0 Å². The van der Waals surface area contributed by atoms with Crippen LogP contribution in [0.3, 0.4) is 0 Å². The second-order valence-corrected chi connectivity index (χ2v) is 1.84. The second kappa shape index (κ2) is 4.06. The molecule has 0 aromatic carbocycles. The van der Waals surface area contributed by atoms with Crippen LogP contribution < -0.4 is 5.73 Å². The van der Waals surface area contributed by atoms with Gasteiger partial charge in [0.05, 0.1) is 5.92 Å². The quantitative estimate of drug-likeness (QED) is 0.542. The molecule has 0 spiro atoms. The Morgan fingerprint density at radius 1 is 1.89 bits per heavy atom. The van der Waals surface area contributed by atoms with Crippen LogP contribution in [0, 0.1) is 5.92 Å². The van der Waals surface area contributed by atoms with Crippen molar-refractivity contribution >= 4 is 12.1 Å². The highest BCUT2D eigenvalue weighted by molar-refractivity contribution is 5.91. The van der Waals surface area contributed by atoms with Crippen LogP contribution in [-0.2, 0) is 4.79 Å². The van der Waals surface area contributed by atoms with Crippen LogP contribution in [0.15, 0.2) is 4.99 Å². The van der Waals surface area contributed by atoms with E-state index < -0.39 is 0 Å². The average molecular weight is 128 g/mol. The van der Waals surface area contributed by atoms with Gasteiger partial charge >= 0.3 is 0 Å². The number of aliphatic imine (C=N–C) groups is 1. The fourth-order valence-corrected chi connectivity index (χ4v) is 0.337. The molecule has 2 N–H and O–H groups in total. The molecule has 0 aliphatic rings. The lowest BCUT2D eigenvalue weighted by atomic mass is 10.2. The lowest BCUT2D eigenvalue weighted by molar-refractivity contribution is -0.119. The van der Waals surface area contributed by atoms with Gasteiger partial charge < -0.3 is 5.73 Å². The van der Waals surface area contributed by atoms with Gasteiger partial charge in [0.25, 0.3) is 0 Å². The first-order valence-corrected chi connectivity index (χ1v) is 2.97. The number of primary amides is 1. The minimum atomic E-state index is -0.327. The number of nitrogens with zero attached hydrogens (tertiary/aromatic N) is 1. The summed E-state index contributed by atoms with van der Waals surface area (Å²) in [6.07, 6.45) is 1.57. The maximum absolute atomic E-state index is 10.3. The number of rotatable bonds is 3. The van der Waals surface area contributed by atoms with Crippen molar-refractivity contribution in [2.45, 2.75) is 13.8 Å². The highest BCUT2D eigenvalue weighted by Gasteiger charge is 2.02. The summed E-state index contributed by atoms with van der Waals surface area (Å²) in [4.78, 5) is 14.2. The van der Waals surface area contributed by atoms with Crippen molar-refractivity contribution in [3.05, 3.63) is 0 Å². The van der Waals surface area contributed by atoms with Crippen molar-refractivity contribution in [1.82, 2.24) is 0 Å². The molecule has 0 radical (unpaired) electrons. The lowest BCUT2D eigenvalue weighted by Crippen LogP contribution is -2.21. The lowest BCUT2D eigenvalue weighted by Gasteiger charge is -1.95.